The number of nitrogens with one attached hydrogen (secondary N) is 1. The summed E-state index contributed by atoms with van der Waals surface area (Å²) < 4.78 is 29.2. The molecule has 0 aliphatic carbocycles. The van der Waals surface area contributed by atoms with Gasteiger partial charge >= 0.3 is 0 Å². The van der Waals surface area contributed by atoms with Crippen LogP contribution in [-0.4, -0.2) is 44.3 Å². The standard InChI is InChI=1S/C32H39Cl2N3O4S/c1-7-30(32(39)35-18-21(2)3)36(19-25-10-13-28(33)29(34)17-25)31(38)20-37(26-15-23(5)14-24(6)16-26)42(40,41)27-11-8-22(4)9-12-27/h8-17,21,30H,7,18-20H2,1-6H3,(H,35,39)/t30-/m1/s1. The van der Waals surface area contributed by atoms with Crippen molar-refractivity contribution in [2.75, 3.05) is 17.4 Å². The number of amides is 2. The van der Waals surface area contributed by atoms with Crippen molar-refractivity contribution in [1.82, 2.24) is 10.2 Å². The fourth-order valence-electron chi connectivity index (χ4n) is 4.64. The number of rotatable bonds is 12. The second kappa shape index (κ2) is 14.4. The molecule has 0 radical (unpaired) electrons. The molecule has 10 heteroatoms. The predicted octanol–water partition coefficient (Wildman–Crippen LogP) is 6.69. The molecule has 7 nitrogen and oxygen atoms in total. The molecule has 3 aromatic rings. The first kappa shape index (κ1) is 33.4. The highest BCUT2D eigenvalue weighted by Crippen LogP contribution is 2.28. The lowest BCUT2D eigenvalue weighted by molar-refractivity contribution is -0.140. The van der Waals surface area contributed by atoms with Crippen LogP contribution in [0.4, 0.5) is 5.69 Å². The van der Waals surface area contributed by atoms with Gasteiger partial charge in [-0.1, -0.05) is 73.8 Å². The summed E-state index contributed by atoms with van der Waals surface area (Å²) in [6, 6.07) is 16.1. The van der Waals surface area contributed by atoms with E-state index >= 15 is 0 Å². The van der Waals surface area contributed by atoms with Gasteiger partial charge < -0.3 is 10.2 Å². The molecule has 0 aliphatic rings. The number of halogens is 2. The summed E-state index contributed by atoms with van der Waals surface area (Å²) in [6.45, 7) is 11.4. The molecule has 2 amide bonds. The van der Waals surface area contributed by atoms with Crippen molar-refractivity contribution < 1.29 is 18.0 Å². The highest BCUT2D eigenvalue weighted by molar-refractivity contribution is 7.92. The largest absolute Gasteiger partial charge is 0.354 e. The molecule has 0 unspecified atom stereocenters. The molecular weight excluding hydrogens is 593 g/mol. The van der Waals surface area contributed by atoms with Crippen molar-refractivity contribution in [2.45, 2.75) is 65.4 Å². The molecule has 1 N–H and O–H groups in total. The third-order valence-corrected chi connectivity index (χ3v) is 9.32. The van der Waals surface area contributed by atoms with Crippen molar-refractivity contribution in [2.24, 2.45) is 5.92 Å². The van der Waals surface area contributed by atoms with Crippen LogP contribution in [0.1, 0.15) is 49.4 Å². The maximum absolute atomic E-state index is 14.2. The van der Waals surface area contributed by atoms with Crippen LogP contribution in [0.3, 0.4) is 0 Å². The number of carbonyl (C=O) groups is 2. The molecule has 3 rings (SSSR count). The van der Waals surface area contributed by atoms with Gasteiger partial charge in [-0.05, 0) is 86.2 Å². The van der Waals surface area contributed by atoms with E-state index in [0.29, 0.717) is 34.3 Å². The van der Waals surface area contributed by atoms with Gasteiger partial charge in [0.1, 0.15) is 12.6 Å². The van der Waals surface area contributed by atoms with Crippen molar-refractivity contribution in [3.63, 3.8) is 0 Å². The quantitative estimate of drug-likeness (QED) is 0.241. The Kier molecular flexibility index (Phi) is 11.5. The highest BCUT2D eigenvalue weighted by atomic mass is 35.5. The maximum atomic E-state index is 14.2. The predicted molar refractivity (Wildman–Crippen MR) is 171 cm³/mol. The normalized spacial score (nSPS) is 12.2. The minimum absolute atomic E-state index is 0.0363. The second-order valence-corrected chi connectivity index (χ2v) is 13.7. The zero-order valence-electron chi connectivity index (χ0n) is 24.9. The highest BCUT2D eigenvalue weighted by Gasteiger charge is 2.34. The van der Waals surface area contributed by atoms with Crippen molar-refractivity contribution in [3.8, 4) is 0 Å². The lowest BCUT2D eigenvalue weighted by atomic mass is 10.1. The fourth-order valence-corrected chi connectivity index (χ4v) is 6.36. The monoisotopic (exact) mass is 631 g/mol. The number of hydrogen-bond donors (Lipinski definition) is 1. The Labute approximate surface area is 259 Å². The van der Waals surface area contributed by atoms with Gasteiger partial charge in [0.25, 0.3) is 10.0 Å². The molecule has 0 fully saturated rings. The van der Waals surface area contributed by atoms with Crippen molar-refractivity contribution >= 4 is 50.7 Å². The van der Waals surface area contributed by atoms with E-state index in [2.05, 4.69) is 5.32 Å². The van der Waals surface area contributed by atoms with Crippen LogP contribution in [0, 0.1) is 26.7 Å². The molecule has 0 aromatic heterocycles. The van der Waals surface area contributed by atoms with Crippen LogP contribution in [0.15, 0.2) is 65.6 Å². The molecule has 42 heavy (non-hydrogen) atoms. The molecule has 226 valence electrons. The van der Waals surface area contributed by atoms with Gasteiger partial charge in [0.05, 0.1) is 20.6 Å². The van der Waals surface area contributed by atoms with E-state index in [-0.39, 0.29) is 23.3 Å². The van der Waals surface area contributed by atoms with Gasteiger partial charge in [-0.2, -0.15) is 0 Å². The van der Waals surface area contributed by atoms with Crippen LogP contribution in [0.5, 0.6) is 0 Å². The van der Waals surface area contributed by atoms with E-state index in [1.807, 2.05) is 47.6 Å². The summed E-state index contributed by atoms with van der Waals surface area (Å²) in [4.78, 5) is 29.0. The number of nitrogens with zero attached hydrogens (tertiary/aromatic N) is 2. The number of aryl methyl sites for hydroxylation is 3. The Morgan fingerprint density at radius 3 is 2.02 bits per heavy atom. The minimum atomic E-state index is -4.15. The van der Waals surface area contributed by atoms with Gasteiger partial charge in [-0.15, -0.1) is 0 Å². The SMILES string of the molecule is CC[C@H](C(=O)NCC(C)C)N(Cc1ccc(Cl)c(Cl)c1)C(=O)CN(c1cc(C)cc(C)c1)S(=O)(=O)c1ccc(C)cc1. The first-order chi connectivity index (χ1) is 19.7. The molecule has 0 aliphatic heterocycles. The molecule has 0 spiro atoms. The van der Waals surface area contributed by atoms with Gasteiger partial charge in [0.2, 0.25) is 11.8 Å². The summed E-state index contributed by atoms with van der Waals surface area (Å²) in [7, 11) is -4.15. The topological polar surface area (TPSA) is 86.8 Å². The van der Waals surface area contributed by atoms with E-state index in [9.17, 15) is 18.0 Å². The molecule has 1 atom stereocenters. The van der Waals surface area contributed by atoms with Crippen LogP contribution in [0.25, 0.3) is 0 Å². The summed E-state index contributed by atoms with van der Waals surface area (Å²) in [5.41, 5.74) is 3.65. The Morgan fingerprint density at radius 1 is 0.857 bits per heavy atom. The number of carbonyl (C=O) groups excluding carboxylic acids is 2. The number of sulfonamides is 1. The van der Waals surface area contributed by atoms with Crippen LogP contribution < -0.4 is 9.62 Å². The maximum Gasteiger partial charge on any atom is 0.264 e. The van der Waals surface area contributed by atoms with E-state index in [0.717, 1.165) is 21.0 Å². The summed E-state index contributed by atoms with van der Waals surface area (Å²) in [5.74, 6) is -0.619. The van der Waals surface area contributed by atoms with E-state index < -0.39 is 28.5 Å². The minimum Gasteiger partial charge on any atom is -0.354 e. The van der Waals surface area contributed by atoms with Crippen LogP contribution >= 0.6 is 23.2 Å². The van der Waals surface area contributed by atoms with Crippen molar-refractivity contribution in [3.05, 3.63) is 93.0 Å². The molecule has 0 bridgehead atoms. The number of anilines is 1. The summed E-state index contributed by atoms with van der Waals surface area (Å²) in [5, 5.41) is 3.61. The lowest BCUT2D eigenvalue weighted by Crippen LogP contribution is -2.52. The smallest absolute Gasteiger partial charge is 0.264 e. The molecule has 0 saturated carbocycles. The third kappa shape index (κ3) is 8.49. The van der Waals surface area contributed by atoms with Gasteiger partial charge in [0.15, 0.2) is 0 Å². The van der Waals surface area contributed by atoms with Gasteiger partial charge in [-0.3, -0.25) is 13.9 Å². The molecule has 3 aromatic carbocycles. The van der Waals surface area contributed by atoms with Crippen LogP contribution in [0.2, 0.25) is 10.0 Å². The number of benzene rings is 3. The van der Waals surface area contributed by atoms with E-state index in [4.69, 9.17) is 23.2 Å². The average molecular weight is 633 g/mol. The summed E-state index contributed by atoms with van der Waals surface area (Å²) >= 11 is 12.4. The zero-order chi connectivity index (χ0) is 31.2. The molecule has 0 heterocycles. The number of hydrogen-bond acceptors (Lipinski definition) is 4. The third-order valence-electron chi connectivity index (χ3n) is 6.79. The second-order valence-electron chi connectivity index (χ2n) is 11.0. The Morgan fingerprint density at radius 2 is 1.48 bits per heavy atom. The Hall–Kier alpha value is -3.07. The Balaban J connectivity index is 2.09. The van der Waals surface area contributed by atoms with Crippen LogP contribution in [-0.2, 0) is 26.2 Å². The molecular formula is C32H39Cl2N3O4S. The van der Waals surface area contributed by atoms with Crippen molar-refractivity contribution in [1.29, 1.82) is 0 Å². The lowest BCUT2D eigenvalue weighted by Gasteiger charge is -2.33. The van der Waals surface area contributed by atoms with Gasteiger partial charge in [-0.25, -0.2) is 8.42 Å². The fraction of sp³-hybridized carbons (Fsp3) is 0.375. The zero-order valence-corrected chi connectivity index (χ0v) is 27.3. The molecule has 0 saturated heterocycles. The first-order valence-electron chi connectivity index (χ1n) is 13.9. The Bertz CT molecular complexity index is 1500. The van der Waals surface area contributed by atoms with E-state index in [1.54, 1.807) is 42.5 Å². The van der Waals surface area contributed by atoms with Gasteiger partial charge in [0, 0.05) is 13.1 Å². The van der Waals surface area contributed by atoms with E-state index in [1.165, 1.54) is 17.0 Å². The average Bonchev–Trinajstić information content (AvgIpc) is 2.91. The summed E-state index contributed by atoms with van der Waals surface area (Å²) in [6.07, 6.45) is 0.325. The first-order valence-corrected chi connectivity index (χ1v) is 16.1.